The quantitative estimate of drug-likeness (QED) is 0.0598. The van der Waals surface area contributed by atoms with E-state index in [1.54, 1.807) is 48.5 Å². The summed E-state index contributed by atoms with van der Waals surface area (Å²) in [5.41, 5.74) is -3.62. The van der Waals surface area contributed by atoms with Crippen LogP contribution in [0.15, 0.2) is 101 Å². The number of hydrogen-bond donors (Lipinski definition) is 3. The van der Waals surface area contributed by atoms with Crippen LogP contribution in [0.2, 0.25) is 15.1 Å². The first-order valence-corrected chi connectivity index (χ1v) is 27.6. The van der Waals surface area contributed by atoms with E-state index in [2.05, 4.69) is 60.3 Å². The van der Waals surface area contributed by atoms with Gasteiger partial charge in [0.05, 0.1) is 10.7 Å². The van der Waals surface area contributed by atoms with Crippen LogP contribution in [0.5, 0.6) is 17.2 Å². The Morgan fingerprint density at radius 1 is 0.639 bits per heavy atom. The lowest BCUT2D eigenvalue weighted by Crippen LogP contribution is -2.43. The molecule has 0 unspecified atom stereocenters. The third-order valence-electron chi connectivity index (χ3n) is 9.46. The van der Waals surface area contributed by atoms with Crippen molar-refractivity contribution in [3.8, 4) is 17.2 Å². The molecule has 0 radical (unpaired) electrons. The van der Waals surface area contributed by atoms with Gasteiger partial charge in [-0.3, -0.25) is 4.79 Å². The molecule has 0 aliphatic heterocycles. The summed E-state index contributed by atoms with van der Waals surface area (Å²) < 4.78 is 97.8. The van der Waals surface area contributed by atoms with Crippen LogP contribution in [-0.4, -0.2) is 72.2 Å². The van der Waals surface area contributed by atoms with Crippen LogP contribution < -0.4 is 24.1 Å². The predicted octanol–water partition coefficient (Wildman–Crippen LogP) is 11.2. The number of carboxylic acid groups (broad SMARTS) is 1. The molecule has 2 heterocycles. The van der Waals surface area contributed by atoms with E-state index in [0.717, 1.165) is 35.0 Å². The average Bonchev–Trinajstić information content (AvgIpc) is 4.16. The lowest BCUT2D eigenvalue weighted by Gasteiger charge is -2.24. The van der Waals surface area contributed by atoms with Crippen molar-refractivity contribution >= 4 is 140 Å². The number of ether oxygens (including phenoxy) is 4. The van der Waals surface area contributed by atoms with Gasteiger partial charge in [0.15, 0.2) is 15.7 Å². The zero-order valence-corrected chi connectivity index (χ0v) is 47.0. The summed E-state index contributed by atoms with van der Waals surface area (Å²) in [6.07, 6.45) is 3.20. The van der Waals surface area contributed by atoms with Crippen molar-refractivity contribution in [2.45, 2.75) is 107 Å². The summed E-state index contributed by atoms with van der Waals surface area (Å²) in [7, 11) is -8.17. The van der Waals surface area contributed by atoms with E-state index in [9.17, 15) is 40.0 Å². The molecule has 4 N–H and O–H groups in total. The maximum Gasteiger partial charge on any atom is 0.351 e. The van der Waals surface area contributed by atoms with Crippen LogP contribution >= 0.6 is 103 Å². The van der Waals surface area contributed by atoms with E-state index >= 15 is 0 Å². The summed E-state index contributed by atoms with van der Waals surface area (Å²) in [5.74, 6) is -2.28. The van der Waals surface area contributed by atoms with E-state index in [1.165, 1.54) is 12.1 Å². The van der Waals surface area contributed by atoms with Crippen molar-refractivity contribution in [1.82, 2.24) is 14.7 Å². The number of benzene rings is 3. The SMILES string of the molecule is C.C.CC(C)(C)OC(=O)C1(Oc2cc(Cl)ccc2I)CC1.NS(=O)(=O)c1cccc(F)n1.O=C(NS(=O)(=O)c1cccc(F)n1)C1(Oc2cc(Cl)ccc2I)CC1.O=C(O)C1(Oc2cc(Cl)ccc2I)CC1. The first-order chi connectivity index (χ1) is 32.5. The Labute approximate surface area is 472 Å². The van der Waals surface area contributed by atoms with Crippen LogP contribution in [0.25, 0.3) is 0 Å². The molecule has 0 saturated heterocycles. The molecular weight excluding hydrogens is 1390 g/mol. The lowest BCUT2D eigenvalue weighted by molar-refractivity contribution is -0.165. The second kappa shape index (κ2) is 25.4. The molecule has 3 fully saturated rings. The lowest BCUT2D eigenvalue weighted by atomic mass is 10.2. The second-order valence-corrected chi connectivity index (χ2v) is 24.3. The van der Waals surface area contributed by atoms with Crippen LogP contribution in [0.4, 0.5) is 8.78 Å². The maximum atomic E-state index is 13.1. The van der Waals surface area contributed by atoms with E-state index in [-0.39, 0.29) is 20.8 Å². The van der Waals surface area contributed by atoms with Gasteiger partial charge < -0.3 is 24.1 Å². The maximum absolute atomic E-state index is 13.1. The molecule has 1 amide bonds. The van der Waals surface area contributed by atoms with Gasteiger partial charge in [0.25, 0.3) is 26.0 Å². The number of hydrogen-bond acceptors (Lipinski definition) is 13. The van der Waals surface area contributed by atoms with Gasteiger partial charge >= 0.3 is 11.9 Å². The number of carbonyl (C=O) groups is 3. The number of nitrogens with one attached hydrogen (secondary N) is 1. The Kier molecular flexibility index (Phi) is 22.2. The van der Waals surface area contributed by atoms with Gasteiger partial charge in [-0.15, -0.1) is 0 Å². The molecule has 3 aliphatic rings. The molecule has 0 bridgehead atoms. The predicted molar refractivity (Wildman–Crippen MR) is 292 cm³/mol. The van der Waals surface area contributed by atoms with Crippen molar-refractivity contribution in [2.75, 3.05) is 0 Å². The third-order valence-corrected chi connectivity index (χ3v) is 14.9. The molecule has 16 nitrogen and oxygen atoms in total. The summed E-state index contributed by atoms with van der Waals surface area (Å²) >= 11 is 24.0. The summed E-state index contributed by atoms with van der Waals surface area (Å²) in [6, 6.07) is 22.2. The summed E-state index contributed by atoms with van der Waals surface area (Å²) in [4.78, 5) is 41.9. The smallest absolute Gasteiger partial charge is 0.351 e. The Morgan fingerprint density at radius 2 is 1.00 bits per heavy atom. The molecule has 0 atom stereocenters. The van der Waals surface area contributed by atoms with E-state index in [0.29, 0.717) is 70.8 Å². The highest BCUT2D eigenvalue weighted by molar-refractivity contribution is 14.1. The number of aliphatic carboxylic acids is 1. The number of aromatic nitrogens is 2. The number of rotatable bonds is 12. The van der Waals surface area contributed by atoms with E-state index in [1.807, 2.05) is 54.2 Å². The molecule has 72 heavy (non-hydrogen) atoms. The molecule has 3 aromatic carbocycles. The summed E-state index contributed by atoms with van der Waals surface area (Å²) in [5, 5.41) is 14.2. The van der Waals surface area contributed by atoms with Crippen molar-refractivity contribution in [3.63, 3.8) is 0 Å². The van der Waals surface area contributed by atoms with Crippen LogP contribution in [0, 0.1) is 22.6 Å². The fraction of sp³-hybridized carbons (Fsp3) is 0.326. The molecule has 3 aliphatic carbocycles. The second-order valence-electron chi connectivity index (χ2n) is 16.4. The van der Waals surface area contributed by atoms with E-state index < -0.39 is 76.3 Å². The van der Waals surface area contributed by atoms with Crippen LogP contribution in [0.1, 0.15) is 74.1 Å². The fourth-order valence-electron chi connectivity index (χ4n) is 5.45. The fourth-order valence-corrected chi connectivity index (χ4v) is 8.75. The molecule has 5 aromatic rings. The number of halogens is 8. The first kappa shape index (κ1) is 62.8. The van der Waals surface area contributed by atoms with Gasteiger partial charge in [-0.1, -0.05) is 61.8 Å². The Balaban J connectivity index is 0.000000261. The van der Waals surface area contributed by atoms with Gasteiger partial charge in [-0.05, 0) is 167 Å². The minimum absolute atomic E-state index is 0. The number of primary sulfonamides is 1. The van der Waals surface area contributed by atoms with Crippen LogP contribution in [-0.2, 0) is 39.2 Å². The van der Waals surface area contributed by atoms with Gasteiger partial charge in [0, 0.05) is 53.6 Å². The number of esters is 1. The topological polar surface area (TPSA) is 240 Å². The number of carboxylic acids is 1. The zero-order chi connectivity index (χ0) is 52.0. The van der Waals surface area contributed by atoms with Crippen molar-refractivity contribution in [3.05, 3.63) is 129 Å². The van der Waals surface area contributed by atoms with Gasteiger partial charge in [-0.2, -0.15) is 17.2 Å². The molecule has 2 aromatic heterocycles. The highest BCUT2D eigenvalue weighted by atomic mass is 127. The molecule has 0 spiro atoms. The average molecular weight is 1440 g/mol. The molecular formula is C46H48Cl3F2I3N4O12S2. The van der Waals surface area contributed by atoms with Crippen LogP contribution in [0.3, 0.4) is 0 Å². The molecule has 26 heteroatoms. The zero-order valence-electron chi connectivity index (χ0n) is 36.7. The highest BCUT2D eigenvalue weighted by Crippen LogP contribution is 2.45. The van der Waals surface area contributed by atoms with Crippen molar-refractivity contribution < 1.29 is 64.1 Å². The molecule has 8 rings (SSSR count). The summed E-state index contributed by atoms with van der Waals surface area (Å²) in [6.45, 7) is 5.55. The number of nitrogens with two attached hydrogens (primary N) is 1. The highest BCUT2D eigenvalue weighted by Gasteiger charge is 2.56. The first-order valence-electron chi connectivity index (χ1n) is 20.2. The van der Waals surface area contributed by atoms with Crippen molar-refractivity contribution in [2.24, 2.45) is 5.14 Å². The normalized spacial score (nSPS) is 15.2. The standard InChI is InChI=1S/C15H11ClFIN2O4S.C14H16ClIO3.C10H8ClIO3.C5H5FN2O2S.2CH4/c16-9-4-5-10(18)11(8-9)24-15(6-7-15)14(21)20-25(22,23)13-3-1-2-12(17)19-13;1-13(2,3)19-12(17)14(6-7-14)18-11-8-9(15)4-5-10(11)16;11-6-1-2-7(12)8(5-6)15-10(3-4-10)9(13)14;6-4-2-1-3-5(8-4)11(7,9)10;;/h1-5,8H,6-7H2,(H,20,21);4-5,8H,6-7H2,1-3H3;1-2,5H,3-4H2,(H,13,14);1-3H,(H2,7,9,10);2*1H4. The Hall–Kier alpha value is -3.45. The Bertz CT molecular complexity index is 3020. The third kappa shape index (κ3) is 18.1. The van der Waals surface area contributed by atoms with Gasteiger partial charge in [0.2, 0.25) is 23.1 Å². The largest absolute Gasteiger partial charge is 0.478 e. The minimum atomic E-state index is -4.29. The number of carbonyl (C=O) groups excluding carboxylic acids is 2. The van der Waals surface area contributed by atoms with Gasteiger partial charge in [0.1, 0.15) is 22.8 Å². The van der Waals surface area contributed by atoms with Gasteiger partial charge in [-0.25, -0.2) is 37.8 Å². The number of amides is 1. The molecule has 3 saturated carbocycles. The van der Waals surface area contributed by atoms with Crippen molar-refractivity contribution in [1.29, 1.82) is 0 Å². The Morgan fingerprint density at radius 3 is 1.33 bits per heavy atom. The number of sulfonamides is 2. The number of nitrogens with zero attached hydrogens (tertiary/aromatic N) is 2. The monoisotopic (exact) mass is 1440 g/mol. The molecule has 392 valence electrons. The number of pyridine rings is 2. The minimum Gasteiger partial charge on any atom is -0.478 e. The van der Waals surface area contributed by atoms with E-state index in [4.69, 9.17) is 58.9 Å².